The molecule has 0 saturated heterocycles. The van der Waals surface area contributed by atoms with Crippen LogP contribution < -0.4 is 0 Å². The molecule has 0 aliphatic rings. The van der Waals surface area contributed by atoms with Crippen molar-refractivity contribution < 1.29 is 0 Å². The summed E-state index contributed by atoms with van der Waals surface area (Å²) < 4.78 is 0. The van der Waals surface area contributed by atoms with E-state index in [1.54, 1.807) is 0 Å². The Bertz CT molecular complexity index is 655. The molecule has 0 amide bonds. The zero-order valence-corrected chi connectivity index (χ0v) is 9.99. The molecular formula is C15H14N2. The van der Waals surface area contributed by atoms with Crippen molar-refractivity contribution >= 4 is 10.8 Å². The van der Waals surface area contributed by atoms with Crippen LogP contribution in [0.5, 0.6) is 0 Å². The van der Waals surface area contributed by atoms with Crippen LogP contribution in [0.2, 0.25) is 0 Å². The SMILES string of the molecule is Cc1nc(-c2cccc3ccccc23)[nH]c1C. The van der Waals surface area contributed by atoms with Crippen LogP contribution in [-0.4, -0.2) is 9.97 Å². The fraction of sp³-hybridized carbons (Fsp3) is 0.133. The quantitative estimate of drug-likeness (QED) is 0.665. The standard InChI is InChI=1S/C15H14N2/c1-10-11(2)17-15(16-10)14-9-5-7-12-6-3-4-8-13(12)14/h3-9H,1-2H3,(H,16,17). The maximum Gasteiger partial charge on any atom is 0.138 e. The molecule has 0 unspecified atom stereocenters. The van der Waals surface area contributed by atoms with Crippen LogP contribution in [0.1, 0.15) is 11.4 Å². The van der Waals surface area contributed by atoms with E-state index in [-0.39, 0.29) is 0 Å². The average molecular weight is 222 g/mol. The molecule has 1 N–H and O–H groups in total. The summed E-state index contributed by atoms with van der Waals surface area (Å²) in [6.07, 6.45) is 0. The number of fused-ring (bicyclic) bond motifs is 1. The Labute approximate surface area is 100 Å². The summed E-state index contributed by atoms with van der Waals surface area (Å²) in [6.45, 7) is 4.08. The minimum Gasteiger partial charge on any atom is -0.342 e. The molecule has 84 valence electrons. The van der Waals surface area contributed by atoms with Gasteiger partial charge in [-0.05, 0) is 24.6 Å². The van der Waals surface area contributed by atoms with Crippen molar-refractivity contribution in [3.05, 3.63) is 53.9 Å². The first-order valence-electron chi connectivity index (χ1n) is 5.77. The molecule has 0 bridgehead atoms. The number of hydrogen-bond acceptors (Lipinski definition) is 1. The van der Waals surface area contributed by atoms with Crippen LogP contribution in [0.25, 0.3) is 22.2 Å². The van der Waals surface area contributed by atoms with Gasteiger partial charge in [-0.1, -0.05) is 42.5 Å². The molecule has 0 fully saturated rings. The molecule has 0 spiro atoms. The third-order valence-electron chi connectivity index (χ3n) is 3.17. The van der Waals surface area contributed by atoms with Crippen molar-refractivity contribution in [2.24, 2.45) is 0 Å². The molecule has 0 radical (unpaired) electrons. The number of H-pyrrole nitrogens is 1. The summed E-state index contributed by atoms with van der Waals surface area (Å²) in [7, 11) is 0. The molecule has 0 saturated carbocycles. The fourth-order valence-corrected chi connectivity index (χ4v) is 2.11. The molecule has 3 aromatic rings. The highest BCUT2D eigenvalue weighted by Gasteiger charge is 2.07. The molecule has 1 heterocycles. The highest BCUT2D eigenvalue weighted by Crippen LogP contribution is 2.26. The zero-order valence-electron chi connectivity index (χ0n) is 9.99. The van der Waals surface area contributed by atoms with Crippen molar-refractivity contribution in [1.29, 1.82) is 0 Å². The second kappa shape index (κ2) is 3.74. The predicted molar refractivity (Wildman–Crippen MR) is 71.0 cm³/mol. The van der Waals surface area contributed by atoms with Gasteiger partial charge in [-0.2, -0.15) is 0 Å². The summed E-state index contributed by atoms with van der Waals surface area (Å²) in [4.78, 5) is 7.92. The predicted octanol–water partition coefficient (Wildman–Crippen LogP) is 3.85. The van der Waals surface area contributed by atoms with E-state index in [0.717, 1.165) is 17.2 Å². The van der Waals surface area contributed by atoms with Gasteiger partial charge in [-0.3, -0.25) is 0 Å². The first-order chi connectivity index (χ1) is 8.25. The Kier molecular flexibility index (Phi) is 2.22. The molecule has 2 heteroatoms. The fourth-order valence-electron chi connectivity index (χ4n) is 2.11. The van der Waals surface area contributed by atoms with Crippen LogP contribution >= 0.6 is 0 Å². The number of nitrogens with one attached hydrogen (secondary N) is 1. The summed E-state index contributed by atoms with van der Waals surface area (Å²) in [6, 6.07) is 14.7. The first-order valence-corrected chi connectivity index (χ1v) is 5.77. The number of rotatable bonds is 1. The van der Waals surface area contributed by atoms with E-state index >= 15 is 0 Å². The van der Waals surface area contributed by atoms with Crippen LogP contribution in [0.3, 0.4) is 0 Å². The second-order valence-corrected chi connectivity index (χ2v) is 4.32. The van der Waals surface area contributed by atoms with E-state index < -0.39 is 0 Å². The highest BCUT2D eigenvalue weighted by atomic mass is 14.9. The molecule has 1 aromatic heterocycles. The van der Waals surface area contributed by atoms with Crippen molar-refractivity contribution in [2.75, 3.05) is 0 Å². The van der Waals surface area contributed by atoms with Crippen molar-refractivity contribution in [3.63, 3.8) is 0 Å². The van der Waals surface area contributed by atoms with Gasteiger partial charge in [-0.15, -0.1) is 0 Å². The molecule has 2 aromatic carbocycles. The molecule has 0 aliphatic heterocycles. The maximum atomic E-state index is 4.58. The Balaban J connectivity index is 2.30. The third kappa shape index (κ3) is 1.62. The largest absolute Gasteiger partial charge is 0.342 e. The van der Waals surface area contributed by atoms with Gasteiger partial charge in [-0.25, -0.2) is 4.98 Å². The van der Waals surface area contributed by atoms with Gasteiger partial charge in [0, 0.05) is 11.3 Å². The number of hydrogen-bond donors (Lipinski definition) is 1. The molecule has 2 nitrogen and oxygen atoms in total. The number of nitrogens with zero attached hydrogens (tertiary/aromatic N) is 1. The van der Waals surface area contributed by atoms with Gasteiger partial charge in [0.25, 0.3) is 0 Å². The van der Waals surface area contributed by atoms with E-state index in [1.807, 2.05) is 6.92 Å². The highest BCUT2D eigenvalue weighted by molar-refractivity contribution is 5.95. The topological polar surface area (TPSA) is 28.7 Å². The van der Waals surface area contributed by atoms with E-state index in [2.05, 4.69) is 59.4 Å². The van der Waals surface area contributed by atoms with Crippen LogP contribution in [0.15, 0.2) is 42.5 Å². The van der Waals surface area contributed by atoms with Crippen molar-refractivity contribution in [3.8, 4) is 11.4 Å². The zero-order chi connectivity index (χ0) is 11.8. The average Bonchev–Trinajstić information content (AvgIpc) is 2.69. The van der Waals surface area contributed by atoms with E-state index in [0.29, 0.717) is 0 Å². The lowest BCUT2D eigenvalue weighted by molar-refractivity contribution is 1.22. The number of aromatic nitrogens is 2. The van der Waals surface area contributed by atoms with Gasteiger partial charge in [0.05, 0.1) is 5.69 Å². The first kappa shape index (κ1) is 10.1. The lowest BCUT2D eigenvalue weighted by Gasteiger charge is -2.03. The number of benzene rings is 2. The molecule has 3 rings (SSSR count). The molecular weight excluding hydrogens is 208 g/mol. The minimum atomic E-state index is 0.955. The number of aryl methyl sites for hydroxylation is 2. The van der Waals surface area contributed by atoms with E-state index in [1.165, 1.54) is 16.3 Å². The van der Waals surface area contributed by atoms with Gasteiger partial charge in [0.2, 0.25) is 0 Å². The minimum absolute atomic E-state index is 0.955. The lowest BCUT2D eigenvalue weighted by atomic mass is 10.0. The molecule has 0 aliphatic carbocycles. The van der Waals surface area contributed by atoms with Gasteiger partial charge in [0.15, 0.2) is 0 Å². The monoisotopic (exact) mass is 222 g/mol. The Morgan fingerprint density at radius 1 is 0.941 bits per heavy atom. The summed E-state index contributed by atoms with van der Waals surface area (Å²) in [5, 5.41) is 2.49. The lowest BCUT2D eigenvalue weighted by Crippen LogP contribution is -1.83. The maximum absolute atomic E-state index is 4.58. The third-order valence-corrected chi connectivity index (χ3v) is 3.17. The summed E-state index contributed by atoms with van der Waals surface area (Å²) >= 11 is 0. The van der Waals surface area contributed by atoms with Crippen LogP contribution in [-0.2, 0) is 0 Å². The molecule has 17 heavy (non-hydrogen) atoms. The Morgan fingerprint density at radius 3 is 2.47 bits per heavy atom. The van der Waals surface area contributed by atoms with Gasteiger partial charge in [0.1, 0.15) is 5.82 Å². The van der Waals surface area contributed by atoms with Gasteiger partial charge >= 0.3 is 0 Å². The van der Waals surface area contributed by atoms with Crippen LogP contribution in [0, 0.1) is 13.8 Å². The normalized spacial score (nSPS) is 10.9. The van der Waals surface area contributed by atoms with E-state index in [9.17, 15) is 0 Å². The summed E-state index contributed by atoms with van der Waals surface area (Å²) in [5.41, 5.74) is 3.36. The van der Waals surface area contributed by atoms with Crippen molar-refractivity contribution in [1.82, 2.24) is 9.97 Å². The Morgan fingerprint density at radius 2 is 1.71 bits per heavy atom. The smallest absolute Gasteiger partial charge is 0.138 e. The number of imidazole rings is 1. The number of aromatic amines is 1. The second-order valence-electron chi connectivity index (χ2n) is 4.32. The van der Waals surface area contributed by atoms with Crippen molar-refractivity contribution in [2.45, 2.75) is 13.8 Å². The summed E-state index contributed by atoms with van der Waals surface area (Å²) in [5.74, 6) is 0.955. The van der Waals surface area contributed by atoms with Gasteiger partial charge < -0.3 is 4.98 Å². The van der Waals surface area contributed by atoms with E-state index in [4.69, 9.17) is 0 Å². The van der Waals surface area contributed by atoms with Crippen LogP contribution in [0.4, 0.5) is 0 Å². The Hall–Kier alpha value is -2.09. The molecule has 0 atom stereocenters.